The third-order valence-electron chi connectivity index (χ3n) is 3.39. The Morgan fingerprint density at radius 3 is 2.37 bits per heavy atom. The number of Topliss-reactive ketones (excluding diaryl/α,β-unsaturated/α-hetero) is 1. The number of halogens is 1. The molecule has 0 aliphatic rings. The predicted octanol–water partition coefficient (Wildman–Crippen LogP) is 4.80. The first kappa shape index (κ1) is 14.0. The van der Waals surface area contributed by atoms with Crippen LogP contribution in [0.1, 0.15) is 32.6 Å². The molecule has 0 saturated heterocycles. The van der Waals surface area contributed by atoms with Crippen LogP contribution in [0.2, 0.25) is 0 Å². The first-order chi connectivity index (χ1) is 8.97. The maximum Gasteiger partial charge on any atom is 0.167 e. The summed E-state index contributed by atoms with van der Waals surface area (Å²) in [6, 6.07) is 12.0. The number of carbonyl (C=O) groups excluding carboxylic acids is 1. The molecule has 0 spiro atoms. The maximum atomic E-state index is 12.4. The van der Waals surface area contributed by atoms with Gasteiger partial charge in [0.1, 0.15) is 0 Å². The van der Waals surface area contributed by atoms with E-state index in [1.807, 2.05) is 44.2 Å². The number of benzene rings is 2. The van der Waals surface area contributed by atoms with Crippen molar-refractivity contribution in [1.29, 1.82) is 0 Å². The van der Waals surface area contributed by atoms with E-state index in [4.69, 9.17) is 0 Å². The Kier molecular flexibility index (Phi) is 4.20. The molecule has 0 saturated carbocycles. The molecule has 0 aromatic heterocycles. The zero-order valence-electron chi connectivity index (χ0n) is 11.5. The molecule has 2 rings (SSSR count). The van der Waals surface area contributed by atoms with Crippen molar-refractivity contribution in [1.82, 2.24) is 0 Å². The normalized spacial score (nSPS) is 10.5. The van der Waals surface area contributed by atoms with Gasteiger partial charge in [0.15, 0.2) is 5.78 Å². The SMILES string of the molecule is Cc1cc(C)c(C(=O)Cc2cccc(Br)c2)cc1C. The van der Waals surface area contributed by atoms with Gasteiger partial charge < -0.3 is 0 Å². The molecular weight excluding hydrogens is 300 g/mol. The standard InChI is InChI=1S/C17H17BrO/c1-11-7-13(3)16(8-12(11)2)17(19)10-14-5-4-6-15(18)9-14/h4-9H,10H2,1-3H3. The lowest BCUT2D eigenvalue weighted by molar-refractivity contribution is 0.0992. The van der Waals surface area contributed by atoms with Crippen LogP contribution in [-0.4, -0.2) is 5.78 Å². The lowest BCUT2D eigenvalue weighted by Crippen LogP contribution is -2.06. The highest BCUT2D eigenvalue weighted by atomic mass is 79.9. The molecule has 0 fully saturated rings. The van der Waals surface area contributed by atoms with E-state index in [1.54, 1.807) is 0 Å². The van der Waals surface area contributed by atoms with Gasteiger partial charge in [-0.05, 0) is 61.2 Å². The Balaban J connectivity index is 2.28. The van der Waals surface area contributed by atoms with E-state index < -0.39 is 0 Å². The predicted molar refractivity (Wildman–Crippen MR) is 82.8 cm³/mol. The van der Waals surface area contributed by atoms with Gasteiger partial charge in [0.05, 0.1) is 0 Å². The van der Waals surface area contributed by atoms with E-state index in [1.165, 1.54) is 11.1 Å². The van der Waals surface area contributed by atoms with Crippen molar-refractivity contribution in [2.75, 3.05) is 0 Å². The number of hydrogen-bond acceptors (Lipinski definition) is 1. The number of rotatable bonds is 3. The van der Waals surface area contributed by atoms with Gasteiger partial charge in [-0.25, -0.2) is 0 Å². The summed E-state index contributed by atoms with van der Waals surface area (Å²) in [5.41, 5.74) is 5.34. The van der Waals surface area contributed by atoms with Gasteiger partial charge in [-0.15, -0.1) is 0 Å². The van der Waals surface area contributed by atoms with E-state index in [0.29, 0.717) is 6.42 Å². The lowest BCUT2D eigenvalue weighted by atomic mass is 9.95. The molecule has 2 aromatic carbocycles. The van der Waals surface area contributed by atoms with Crippen LogP contribution in [0.4, 0.5) is 0 Å². The number of aryl methyl sites for hydroxylation is 3. The summed E-state index contributed by atoms with van der Waals surface area (Å²) >= 11 is 3.43. The van der Waals surface area contributed by atoms with Crippen molar-refractivity contribution in [2.24, 2.45) is 0 Å². The number of ketones is 1. The smallest absolute Gasteiger partial charge is 0.167 e. The van der Waals surface area contributed by atoms with Crippen LogP contribution in [0.25, 0.3) is 0 Å². The first-order valence-electron chi connectivity index (χ1n) is 6.33. The average Bonchev–Trinajstić information content (AvgIpc) is 2.33. The summed E-state index contributed by atoms with van der Waals surface area (Å²) in [5.74, 6) is 0.179. The Labute approximate surface area is 122 Å². The Morgan fingerprint density at radius 2 is 1.68 bits per heavy atom. The topological polar surface area (TPSA) is 17.1 Å². The van der Waals surface area contributed by atoms with Crippen molar-refractivity contribution >= 4 is 21.7 Å². The van der Waals surface area contributed by atoms with Gasteiger partial charge in [-0.2, -0.15) is 0 Å². The quantitative estimate of drug-likeness (QED) is 0.743. The minimum Gasteiger partial charge on any atom is -0.294 e. The zero-order chi connectivity index (χ0) is 14.0. The summed E-state index contributed by atoms with van der Waals surface area (Å²) in [6.07, 6.45) is 0.447. The summed E-state index contributed by atoms with van der Waals surface area (Å²) < 4.78 is 1.01. The van der Waals surface area contributed by atoms with Crippen molar-refractivity contribution in [2.45, 2.75) is 27.2 Å². The van der Waals surface area contributed by atoms with Gasteiger partial charge in [-0.3, -0.25) is 4.79 Å². The van der Waals surface area contributed by atoms with Crippen LogP contribution in [-0.2, 0) is 6.42 Å². The Hall–Kier alpha value is -1.41. The van der Waals surface area contributed by atoms with Crippen LogP contribution in [0.5, 0.6) is 0 Å². The molecule has 0 radical (unpaired) electrons. The van der Waals surface area contributed by atoms with Crippen molar-refractivity contribution in [3.8, 4) is 0 Å². The van der Waals surface area contributed by atoms with Crippen molar-refractivity contribution < 1.29 is 4.79 Å². The summed E-state index contributed by atoms with van der Waals surface area (Å²) in [4.78, 5) is 12.4. The van der Waals surface area contributed by atoms with Crippen molar-refractivity contribution in [3.05, 3.63) is 68.7 Å². The third kappa shape index (κ3) is 3.32. The summed E-state index contributed by atoms with van der Waals surface area (Å²) in [5, 5.41) is 0. The highest BCUT2D eigenvalue weighted by Crippen LogP contribution is 2.19. The van der Waals surface area contributed by atoms with Gasteiger partial charge in [-0.1, -0.05) is 34.1 Å². The minimum absolute atomic E-state index is 0.179. The minimum atomic E-state index is 0.179. The molecule has 0 N–H and O–H groups in total. The fourth-order valence-corrected chi connectivity index (χ4v) is 2.64. The molecule has 0 unspecified atom stereocenters. The molecule has 0 atom stereocenters. The van der Waals surface area contributed by atoms with Crippen molar-refractivity contribution in [3.63, 3.8) is 0 Å². The van der Waals surface area contributed by atoms with E-state index in [0.717, 1.165) is 21.2 Å². The second-order valence-electron chi connectivity index (χ2n) is 4.98. The third-order valence-corrected chi connectivity index (χ3v) is 3.89. The summed E-state index contributed by atoms with van der Waals surface area (Å²) in [7, 11) is 0. The van der Waals surface area contributed by atoms with Crippen LogP contribution in [0.3, 0.4) is 0 Å². The van der Waals surface area contributed by atoms with Gasteiger partial charge in [0.25, 0.3) is 0 Å². The summed E-state index contributed by atoms with van der Waals surface area (Å²) in [6.45, 7) is 6.12. The van der Waals surface area contributed by atoms with Crippen LogP contribution >= 0.6 is 15.9 Å². The molecular formula is C17H17BrO. The monoisotopic (exact) mass is 316 g/mol. The van der Waals surface area contributed by atoms with E-state index in [2.05, 4.69) is 28.9 Å². The number of carbonyl (C=O) groups is 1. The molecule has 0 bridgehead atoms. The lowest BCUT2D eigenvalue weighted by Gasteiger charge is -2.09. The average molecular weight is 317 g/mol. The van der Waals surface area contributed by atoms with Crippen LogP contribution in [0, 0.1) is 20.8 Å². The second-order valence-corrected chi connectivity index (χ2v) is 5.90. The largest absolute Gasteiger partial charge is 0.294 e. The van der Waals surface area contributed by atoms with E-state index >= 15 is 0 Å². The molecule has 98 valence electrons. The highest BCUT2D eigenvalue weighted by Gasteiger charge is 2.11. The fraction of sp³-hybridized carbons (Fsp3) is 0.235. The van der Waals surface area contributed by atoms with Crippen LogP contribution < -0.4 is 0 Å². The Bertz CT molecular complexity index is 629. The zero-order valence-corrected chi connectivity index (χ0v) is 13.0. The molecule has 19 heavy (non-hydrogen) atoms. The molecule has 0 aliphatic heterocycles. The van der Waals surface area contributed by atoms with Gasteiger partial charge >= 0.3 is 0 Å². The molecule has 0 amide bonds. The maximum absolute atomic E-state index is 12.4. The molecule has 2 heteroatoms. The second kappa shape index (κ2) is 5.70. The molecule has 2 aromatic rings. The number of hydrogen-bond donors (Lipinski definition) is 0. The molecule has 0 heterocycles. The van der Waals surface area contributed by atoms with Crippen LogP contribution in [0.15, 0.2) is 40.9 Å². The Morgan fingerprint density at radius 1 is 1.00 bits per heavy atom. The first-order valence-corrected chi connectivity index (χ1v) is 7.12. The van der Waals surface area contributed by atoms with Gasteiger partial charge in [0.2, 0.25) is 0 Å². The fourth-order valence-electron chi connectivity index (χ4n) is 2.19. The van der Waals surface area contributed by atoms with E-state index in [-0.39, 0.29) is 5.78 Å². The van der Waals surface area contributed by atoms with Gasteiger partial charge in [0, 0.05) is 16.5 Å². The van der Waals surface area contributed by atoms with E-state index in [9.17, 15) is 4.79 Å². The molecule has 0 aliphatic carbocycles. The highest BCUT2D eigenvalue weighted by molar-refractivity contribution is 9.10. The molecule has 1 nitrogen and oxygen atoms in total.